The van der Waals surface area contributed by atoms with Crippen molar-refractivity contribution in [1.29, 1.82) is 0 Å². The summed E-state index contributed by atoms with van der Waals surface area (Å²) in [7, 11) is 0. The summed E-state index contributed by atoms with van der Waals surface area (Å²) >= 11 is 0. The Morgan fingerprint density at radius 2 is 2.10 bits per heavy atom. The largest absolute Gasteiger partial charge is 0.419 e. The lowest BCUT2D eigenvalue weighted by Crippen LogP contribution is -2.40. The number of ether oxygens (including phenoxy) is 1. The van der Waals surface area contributed by atoms with Gasteiger partial charge < -0.3 is 20.4 Å². The van der Waals surface area contributed by atoms with Gasteiger partial charge in [0.15, 0.2) is 0 Å². The number of hydrogen-bond donors (Lipinski definition) is 2. The lowest BCUT2D eigenvalue weighted by molar-refractivity contribution is -0.140. The molecule has 29 heavy (non-hydrogen) atoms. The highest BCUT2D eigenvalue weighted by Gasteiger charge is 2.35. The van der Waals surface area contributed by atoms with Crippen molar-refractivity contribution in [3.05, 3.63) is 63.3 Å². The van der Waals surface area contributed by atoms with Gasteiger partial charge in [-0.25, -0.2) is 4.39 Å². The van der Waals surface area contributed by atoms with Crippen molar-refractivity contribution in [2.45, 2.75) is 31.6 Å². The fourth-order valence-electron chi connectivity index (χ4n) is 3.21. The molecule has 1 aliphatic rings. The molecule has 10 heteroatoms. The molecule has 3 rings (SSSR count). The molecule has 1 amide bonds. The van der Waals surface area contributed by atoms with Crippen molar-refractivity contribution in [2.75, 3.05) is 18.9 Å². The Morgan fingerprint density at radius 3 is 2.72 bits per heavy atom. The predicted octanol–water partition coefficient (Wildman–Crippen LogP) is 2.65. The van der Waals surface area contributed by atoms with Crippen molar-refractivity contribution in [3.63, 3.8) is 0 Å². The molecule has 0 saturated carbocycles. The molecule has 2 heterocycles. The molecule has 1 saturated heterocycles. The Balaban J connectivity index is 1.85. The number of nitrogens with zero attached hydrogens (tertiary/aromatic N) is 1. The number of aromatic nitrogens is 1. The van der Waals surface area contributed by atoms with Gasteiger partial charge in [0.1, 0.15) is 5.82 Å². The van der Waals surface area contributed by atoms with E-state index in [1.807, 2.05) is 0 Å². The van der Waals surface area contributed by atoms with Crippen LogP contribution in [0, 0.1) is 5.82 Å². The first-order chi connectivity index (χ1) is 13.5. The lowest BCUT2D eigenvalue weighted by atomic mass is 10.0. The van der Waals surface area contributed by atoms with E-state index in [0.29, 0.717) is 19.1 Å². The number of carbonyl (C=O) groups excluding carboxylic acids is 1. The second-order valence-electron chi connectivity index (χ2n) is 7.11. The second-order valence-corrected chi connectivity index (χ2v) is 7.11. The van der Waals surface area contributed by atoms with Crippen LogP contribution >= 0.6 is 0 Å². The minimum absolute atomic E-state index is 0.0369. The quantitative estimate of drug-likeness (QED) is 0.755. The van der Waals surface area contributed by atoms with Crippen LogP contribution in [0.5, 0.6) is 0 Å². The highest BCUT2D eigenvalue weighted by atomic mass is 19.4. The number of anilines is 1. The minimum Gasteiger partial charge on any atom is -0.398 e. The van der Waals surface area contributed by atoms with E-state index >= 15 is 0 Å². The van der Waals surface area contributed by atoms with E-state index in [2.05, 4.69) is 5.32 Å². The third kappa shape index (κ3) is 4.12. The average Bonchev–Trinajstić information content (AvgIpc) is 3.07. The number of rotatable bonds is 4. The molecular weight excluding hydrogens is 394 g/mol. The van der Waals surface area contributed by atoms with Gasteiger partial charge in [0.2, 0.25) is 0 Å². The van der Waals surface area contributed by atoms with Crippen LogP contribution in [0.25, 0.3) is 0 Å². The summed E-state index contributed by atoms with van der Waals surface area (Å²) in [6, 6.07) is 3.93. The maximum atomic E-state index is 14.1. The van der Waals surface area contributed by atoms with Crippen LogP contribution in [-0.4, -0.2) is 23.7 Å². The molecule has 6 nitrogen and oxygen atoms in total. The van der Waals surface area contributed by atoms with Crippen molar-refractivity contribution in [2.24, 2.45) is 0 Å². The van der Waals surface area contributed by atoms with Crippen molar-refractivity contribution < 1.29 is 27.1 Å². The number of alkyl halides is 3. The van der Waals surface area contributed by atoms with E-state index in [9.17, 15) is 27.2 Å². The summed E-state index contributed by atoms with van der Waals surface area (Å²) in [5.41, 5.74) is 2.87. The van der Waals surface area contributed by atoms with Gasteiger partial charge in [-0.3, -0.25) is 9.59 Å². The van der Waals surface area contributed by atoms with Gasteiger partial charge in [0, 0.05) is 31.0 Å². The zero-order valence-corrected chi connectivity index (χ0v) is 15.5. The summed E-state index contributed by atoms with van der Waals surface area (Å²) in [4.78, 5) is 24.8. The molecule has 1 aromatic carbocycles. The summed E-state index contributed by atoms with van der Waals surface area (Å²) < 4.78 is 59.3. The number of nitrogens with one attached hydrogen (secondary N) is 1. The Labute approximate surface area is 163 Å². The molecule has 0 radical (unpaired) electrons. The topological polar surface area (TPSA) is 86.4 Å². The van der Waals surface area contributed by atoms with Crippen LogP contribution in [0.15, 0.2) is 35.3 Å². The molecule has 3 N–H and O–H groups in total. The molecule has 0 spiro atoms. The van der Waals surface area contributed by atoms with Crippen molar-refractivity contribution >= 4 is 11.6 Å². The highest BCUT2D eigenvalue weighted by molar-refractivity contribution is 5.98. The van der Waals surface area contributed by atoms with Crippen molar-refractivity contribution in [3.8, 4) is 0 Å². The van der Waals surface area contributed by atoms with Crippen LogP contribution in [0.2, 0.25) is 0 Å². The lowest BCUT2D eigenvalue weighted by Gasteiger charge is -2.26. The Bertz CT molecular complexity index is 995. The van der Waals surface area contributed by atoms with Crippen LogP contribution in [0.1, 0.15) is 34.8 Å². The number of nitrogens with two attached hydrogens (primary N) is 1. The first-order valence-electron chi connectivity index (χ1n) is 8.76. The van der Waals surface area contributed by atoms with Crippen molar-refractivity contribution in [1.82, 2.24) is 9.88 Å². The standard InChI is InChI=1S/C19H19F4N3O3/c1-18(5-6-29-10-18)26-9-12(14(24)7-15(26)27)17(28)25-8-11-3-2-4-13(16(11)20)19(21,22)23/h2-4,7,9H,5-6,8,10,24H2,1H3,(H,25,28). The van der Waals surface area contributed by atoms with E-state index < -0.39 is 41.1 Å². The molecule has 2 aromatic rings. The Hall–Kier alpha value is -2.88. The zero-order valence-electron chi connectivity index (χ0n) is 15.5. The van der Waals surface area contributed by atoms with Crippen LogP contribution < -0.4 is 16.6 Å². The molecule has 1 unspecified atom stereocenters. The van der Waals surface area contributed by atoms with E-state index in [0.717, 1.165) is 18.2 Å². The van der Waals surface area contributed by atoms with Gasteiger partial charge in [-0.15, -0.1) is 0 Å². The fraction of sp³-hybridized carbons (Fsp3) is 0.368. The summed E-state index contributed by atoms with van der Waals surface area (Å²) in [5.74, 6) is -2.19. The fourth-order valence-corrected chi connectivity index (χ4v) is 3.21. The van der Waals surface area contributed by atoms with E-state index in [4.69, 9.17) is 10.5 Å². The summed E-state index contributed by atoms with van der Waals surface area (Å²) in [6.45, 7) is 2.07. The minimum atomic E-state index is -4.84. The molecule has 1 aromatic heterocycles. The molecule has 0 bridgehead atoms. The van der Waals surface area contributed by atoms with E-state index in [-0.39, 0.29) is 23.4 Å². The van der Waals surface area contributed by atoms with E-state index in [1.54, 1.807) is 6.92 Å². The Morgan fingerprint density at radius 1 is 1.38 bits per heavy atom. The number of amides is 1. The van der Waals surface area contributed by atoms with Gasteiger partial charge in [-0.05, 0) is 19.4 Å². The van der Waals surface area contributed by atoms with E-state index in [1.165, 1.54) is 10.8 Å². The van der Waals surface area contributed by atoms with Crippen LogP contribution in [0.4, 0.5) is 23.2 Å². The first-order valence-corrected chi connectivity index (χ1v) is 8.76. The van der Waals surface area contributed by atoms with Crippen LogP contribution in [0.3, 0.4) is 0 Å². The number of benzene rings is 1. The van der Waals surface area contributed by atoms with Gasteiger partial charge >= 0.3 is 6.18 Å². The predicted molar refractivity (Wildman–Crippen MR) is 96.8 cm³/mol. The number of halogens is 4. The van der Waals surface area contributed by atoms with Gasteiger partial charge in [-0.1, -0.05) is 12.1 Å². The highest BCUT2D eigenvalue weighted by Crippen LogP contribution is 2.32. The third-order valence-corrected chi connectivity index (χ3v) is 4.93. The normalized spacial score (nSPS) is 19.3. The molecule has 1 aliphatic heterocycles. The monoisotopic (exact) mass is 413 g/mol. The maximum absolute atomic E-state index is 14.1. The third-order valence-electron chi connectivity index (χ3n) is 4.93. The first kappa shape index (κ1) is 20.8. The summed E-state index contributed by atoms with van der Waals surface area (Å²) in [6.07, 6.45) is -2.99. The smallest absolute Gasteiger partial charge is 0.398 e. The SMILES string of the molecule is CC1(n2cc(C(=O)NCc3cccc(C(F)(F)F)c3F)c(N)cc2=O)CCOC1. The number of nitrogen functional groups attached to an aromatic ring is 1. The number of pyridine rings is 1. The van der Waals surface area contributed by atoms with Gasteiger partial charge in [0.25, 0.3) is 11.5 Å². The maximum Gasteiger partial charge on any atom is 0.419 e. The zero-order chi connectivity index (χ0) is 21.4. The second kappa shape index (κ2) is 7.51. The molecular formula is C19H19F4N3O3. The molecule has 0 aliphatic carbocycles. The Kier molecular flexibility index (Phi) is 5.40. The average molecular weight is 413 g/mol. The molecule has 1 atom stereocenters. The van der Waals surface area contributed by atoms with Gasteiger partial charge in [0.05, 0.1) is 29.0 Å². The molecule has 1 fully saturated rings. The summed E-state index contributed by atoms with van der Waals surface area (Å²) in [5, 5.41) is 2.35. The molecule has 156 valence electrons. The van der Waals surface area contributed by atoms with Gasteiger partial charge in [-0.2, -0.15) is 13.2 Å². The number of hydrogen-bond acceptors (Lipinski definition) is 4. The van der Waals surface area contributed by atoms with Crippen LogP contribution in [-0.2, 0) is 23.0 Å². The number of carbonyl (C=O) groups is 1.